The van der Waals surface area contributed by atoms with Gasteiger partial charge in [-0.1, -0.05) is 0 Å². The zero-order valence-electron chi connectivity index (χ0n) is 15.1. The van der Waals surface area contributed by atoms with Gasteiger partial charge in [0.15, 0.2) is 5.69 Å². The molecule has 2 heterocycles. The summed E-state index contributed by atoms with van der Waals surface area (Å²) in [5.74, 6) is -2.96. The molecular weight excluding hydrogens is 332 g/mol. The summed E-state index contributed by atoms with van der Waals surface area (Å²) < 4.78 is 39.0. The highest BCUT2D eigenvalue weighted by Gasteiger charge is 2.48. The van der Waals surface area contributed by atoms with Gasteiger partial charge in [-0.15, -0.1) is 0 Å². The zero-order valence-corrected chi connectivity index (χ0v) is 15.1. The number of amides is 1. The number of hydrogen-bond acceptors (Lipinski definition) is 4. The van der Waals surface area contributed by atoms with Crippen LogP contribution in [0.1, 0.15) is 54.5 Å². The fourth-order valence-electron chi connectivity index (χ4n) is 3.67. The van der Waals surface area contributed by atoms with Gasteiger partial charge in [0.1, 0.15) is 0 Å². The highest BCUT2D eigenvalue weighted by Crippen LogP contribution is 2.41. The molecule has 2 aliphatic rings. The van der Waals surface area contributed by atoms with E-state index in [1.165, 1.54) is 4.90 Å². The Bertz CT molecular complexity index is 654. The van der Waals surface area contributed by atoms with Crippen LogP contribution in [0.5, 0.6) is 0 Å². The van der Waals surface area contributed by atoms with E-state index in [0.717, 1.165) is 11.3 Å². The van der Waals surface area contributed by atoms with E-state index >= 15 is 0 Å². The standard InChI is InChI=1S/C17H25F2N3O3/c1-10-7-13-14(16(23)21(3)12-8-17(18,19)9-12)20-22(5-6-24-4)15(13)11(2)25-10/h10-12H,5-9H2,1-4H3/t10-,11+/m1/s1. The minimum Gasteiger partial charge on any atom is -0.383 e. The third kappa shape index (κ3) is 3.42. The summed E-state index contributed by atoms with van der Waals surface area (Å²) in [6.45, 7) is 4.87. The second-order valence-electron chi connectivity index (χ2n) is 7.06. The second kappa shape index (κ2) is 6.64. The summed E-state index contributed by atoms with van der Waals surface area (Å²) >= 11 is 0. The van der Waals surface area contributed by atoms with Gasteiger partial charge >= 0.3 is 0 Å². The molecule has 1 saturated carbocycles. The van der Waals surface area contributed by atoms with Gasteiger partial charge in [-0.25, -0.2) is 8.78 Å². The average molecular weight is 357 g/mol. The first-order chi connectivity index (χ1) is 11.7. The molecule has 1 aliphatic heterocycles. The highest BCUT2D eigenvalue weighted by molar-refractivity contribution is 5.94. The summed E-state index contributed by atoms with van der Waals surface area (Å²) in [5, 5.41) is 4.49. The van der Waals surface area contributed by atoms with Gasteiger partial charge in [-0.3, -0.25) is 9.48 Å². The van der Waals surface area contributed by atoms with Crippen molar-refractivity contribution in [3.05, 3.63) is 17.0 Å². The van der Waals surface area contributed by atoms with Crippen molar-refractivity contribution in [3.8, 4) is 0 Å². The van der Waals surface area contributed by atoms with E-state index in [-0.39, 0.29) is 31.0 Å². The Kier molecular flexibility index (Phi) is 4.85. The van der Waals surface area contributed by atoms with E-state index in [1.807, 2.05) is 13.8 Å². The van der Waals surface area contributed by atoms with Gasteiger partial charge in [-0.2, -0.15) is 5.10 Å². The van der Waals surface area contributed by atoms with Crippen molar-refractivity contribution in [2.24, 2.45) is 0 Å². The lowest BCUT2D eigenvalue weighted by Gasteiger charge is -2.40. The molecule has 2 atom stereocenters. The number of methoxy groups -OCH3 is 1. The van der Waals surface area contributed by atoms with Crippen LogP contribution in [0.3, 0.4) is 0 Å². The molecule has 0 radical (unpaired) electrons. The quantitative estimate of drug-likeness (QED) is 0.812. The van der Waals surface area contributed by atoms with E-state index in [2.05, 4.69) is 5.10 Å². The zero-order chi connectivity index (χ0) is 18.4. The summed E-state index contributed by atoms with van der Waals surface area (Å²) in [7, 11) is 3.18. The molecule has 3 rings (SSSR count). The molecular formula is C17H25F2N3O3. The summed E-state index contributed by atoms with van der Waals surface area (Å²) in [5.41, 5.74) is 2.10. The third-order valence-corrected chi connectivity index (χ3v) is 5.05. The summed E-state index contributed by atoms with van der Waals surface area (Å²) in [4.78, 5) is 14.3. The molecule has 1 aromatic heterocycles. The van der Waals surface area contributed by atoms with E-state index < -0.39 is 12.0 Å². The average Bonchev–Trinajstić information content (AvgIpc) is 2.87. The lowest BCUT2D eigenvalue weighted by molar-refractivity contribution is -0.112. The Morgan fingerprint density at radius 3 is 2.72 bits per heavy atom. The number of fused-ring (bicyclic) bond motifs is 1. The SMILES string of the molecule is COCCn1nc(C(=O)N(C)C2CC(F)(F)C2)c2c1[C@H](C)O[C@H](C)C2. The number of carbonyl (C=O) groups is 1. The molecule has 1 aromatic rings. The number of nitrogens with zero attached hydrogens (tertiary/aromatic N) is 3. The molecule has 1 amide bonds. The van der Waals surface area contributed by atoms with Crippen molar-refractivity contribution < 1.29 is 23.0 Å². The van der Waals surface area contributed by atoms with Gasteiger partial charge in [0.05, 0.1) is 31.1 Å². The lowest BCUT2D eigenvalue weighted by atomic mass is 9.87. The first-order valence-electron chi connectivity index (χ1n) is 8.62. The smallest absolute Gasteiger partial charge is 0.274 e. The van der Waals surface area contributed by atoms with Crippen LogP contribution in [0, 0.1) is 0 Å². The van der Waals surface area contributed by atoms with Crippen molar-refractivity contribution in [1.82, 2.24) is 14.7 Å². The van der Waals surface area contributed by atoms with E-state index in [4.69, 9.17) is 9.47 Å². The second-order valence-corrected chi connectivity index (χ2v) is 7.06. The fourth-order valence-corrected chi connectivity index (χ4v) is 3.67. The maximum absolute atomic E-state index is 13.1. The summed E-state index contributed by atoms with van der Waals surface area (Å²) in [6.07, 6.45) is -0.173. The minimum absolute atomic E-state index is 0.0209. The van der Waals surface area contributed by atoms with Gasteiger partial charge in [0.2, 0.25) is 0 Å². The first kappa shape index (κ1) is 18.3. The van der Waals surface area contributed by atoms with Gasteiger partial charge in [0, 0.05) is 45.0 Å². The van der Waals surface area contributed by atoms with E-state index in [0.29, 0.717) is 25.3 Å². The van der Waals surface area contributed by atoms with Crippen molar-refractivity contribution in [2.75, 3.05) is 20.8 Å². The van der Waals surface area contributed by atoms with Crippen LogP contribution in [0.2, 0.25) is 0 Å². The number of hydrogen-bond donors (Lipinski definition) is 0. The van der Waals surface area contributed by atoms with Crippen LogP contribution >= 0.6 is 0 Å². The number of alkyl halides is 2. The normalized spacial score (nSPS) is 25.4. The van der Waals surface area contributed by atoms with Gasteiger partial charge < -0.3 is 14.4 Å². The number of aromatic nitrogens is 2. The van der Waals surface area contributed by atoms with E-state index in [1.54, 1.807) is 18.8 Å². The molecule has 6 nitrogen and oxygen atoms in total. The number of ether oxygens (including phenoxy) is 2. The molecule has 25 heavy (non-hydrogen) atoms. The maximum Gasteiger partial charge on any atom is 0.274 e. The predicted molar refractivity (Wildman–Crippen MR) is 86.8 cm³/mol. The van der Waals surface area contributed by atoms with Gasteiger partial charge in [-0.05, 0) is 13.8 Å². The van der Waals surface area contributed by atoms with Crippen LogP contribution in [-0.4, -0.2) is 59.4 Å². The van der Waals surface area contributed by atoms with Crippen molar-refractivity contribution in [2.45, 2.75) is 63.8 Å². The van der Waals surface area contributed by atoms with E-state index in [9.17, 15) is 13.6 Å². The Hall–Kier alpha value is -1.54. The van der Waals surface area contributed by atoms with Crippen LogP contribution in [0.25, 0.3) is 0 Å². The number of halogens is 2. The summed E-state index contributed by atoms with van der Waals surface area (Å²) in [6, 6.07) is -0.433. The Morgan fingerprint density at radius 2 is 2.12 bits per heavy atom. The Morgan fingerprint density at radius 1 is 1.44 bits per heavy atom. The maximum atomic E-state index is 13.1. The van der Waals surface area contributed by atoms with Crippen molar-refractivity contribution in [1.29, 1.82) is 0 Å². The molecule has 0 spiro atoms. The number of rotatable bonds is 5. The molecule has 1 fully saturated rings. The van der Waals surface area contributed by atoms with Crippen LogP contribution in [0.15, 0.2) is 0 Å². The van der Waals surface area contributed by atoms with Crippen LogP contribution in [-0.2, 0) is 22.4 Å². The van der Waals surface area contributed by atoms with Gasteiger partial charge in [0.25, 0.3) is 11.8 Å². The van der Waals surface area contributed by atoms with Crippen LogP contribution < -0.4 is 0 Å². The molecule has 0 aromatic carbocycles. The van der Waals surface area contributed by atoms with Crippen molar-refractivity contribution >= 4 is 5.91 Å². The molecule has 8 heteroatoms. The van der Waals surface area contributed by atoms with Crippen LogP contribution in [0.4, 0.5) is 8.78 Å². The molecule has 1 aliphatic carbocycles. The Balaban J connectivity index is 1.89. The third-order valence-electron chi connectivity index (χ3n) is 5.05. The number of carbonyl (C=O) groups excluding carboxylic acids is 1. The topological polar surface area (TPSA) is 56.6 Å². The fraction of sp³-hybridized carbons (Fsp3) is 0.765. The molecule has 0 N–H and O–H groups in total. The largest absolute Gasteiger partial charge is 0.383 e. The monoisotopic (exact) mass is 357 g/mol. The highest BCUT2D eigenvalue weighted by atomic mass is 19.3. The molecule has 0 unspecified atom stereocenters. The lowest BCUT2D eigenvalue weighted by Crippen LogP contribution is -2.51. The first-order valence-corrected chi connectivity index (χ1v) is 8.62. The molecule has 140 valence electrons. The minimum atomic E-state index is -2.66. The molecule has 0 saturated heterocycles. The Labute approximate surface area is 146 Å². The predicted octanol–water partition coefficient (Wildman–Crippen LogP) is 2.42. The molecule has 0 bridgehead atoms. The van der Waals surface area contributed by atoms with Crippen molar-refractivity contribution in [3.63, 3.8) is 0 Å².